The van der Waals surface area contributed by atoms with Crippen LogP contribution in [0.2, 0.25) is 0 Å². The lowest BCUT2D eigenvalue weighted by Gasteiger charge is -2.07. The third kappa shape index (κ3) is 2.05. The Bertz CT molecular complexity index is 664. The highest BCUT2D eigenvalue weighted by molar-refractivity contribution is 5.89. The molecule has 2 aromatic rings. The van der Waals surface area contributed by atoms with Crippen molar-refractivity contribution in [3.63, 3.8) is 0 Å². The molecule has 0 unspecified atom stereocenters. The molecule has 1 aliphatic heterocycles. The van der Waals surface area contributed by atoms with Gasteiger partial charge in [0.1, 0.15) is 11.6 Å². The Morgan fingerprint density at radius 2 is 2.05 bits per heavy atom. The van der Waals surface area contributed by atoms with E-state index in [1.165, 1.54) is 18.2 Å². The zero-order chi connectivity index (χ0) is 13.4. The molecule has 0 spiro atoms. The fourth-order valence-electron chi connectivity index (χ4n) is 2.23. The third-order valence-corrected chi connectivity index (χ3v) is 3.21. The van der Waals surface area contributed by atoms with E-state index in [2.05, 4.69) is 0 Å². The van der Waals surface area contributed by atoms with Crippen LogP contribution < -0.4 is 4.74 Å². The summed E-state index contributed by atoms with van der Waals surface area (Å²) in [5, 5.41) is 8.96. The molecule has 3 nitrogen and oxygen atoms in total. The number of carboxylic acid groups (broad SMARTS) is 1. The van der Waals surface area contributed by atoms with Gasteiger partial charge in [0.15, 0.2) is 0 Å². The lowest BCUT2D eigenvalue weighted by molar-refractivity contribution is 0.0697. The zero-order valence-electron chi connectivity index (χ0n) is 10.0. The third-order valence-electron chi connectivity index (χ3n) is 3.21. The monoisotopic (exact) mass is 258 g/mol. The van der Waals surface area contributed by atoms with E-state index in [-0.39, 0.29) is 5.56 Å². The van der Waals surface area contributed by atoms with Crippen molar-refractivity contribution in [3.8, 4) is 16.9 Å². The van der Waals surface area contributed by atoms with Gasteiger partial charge < -0.3 is 9.84 Å². The van der Waals surface area contributed by atoms with Crippen LogP contribution in [0.25, 0.3) is 11.1 Å². The predicted molar refractivity (Wildman–Crippen MR) is 68.0 cm³/mol. The maximum atomic E-state index is 13.8. The van der Waals surface area contributed by atoms with E-state index in [9.17, 15) is 9.18 Å². The highest BCUT2D eigenvalue weighted by Crippen LogP contribution is 2.32. The van der Waals surface area contributed by atoms with Crippen LogP contribution >= 0.6 is 0 Å². The molecule has 1 heterocycles. The smallest absolute Gasteiger partial charge is 0.335 e. The highest BCUT2D eigenvalue weighted by Gasteiger charge is 2.15. The van der Waals surface area contributed by atoms with Crippen molar-refractivity contribution in [2.24, 2.45) is 0 Å². The van der Waals surface area contributed by atoms with Crippen LogP contribution in [0.5, 0.6) is 5.75 Å². The van der Waals surface area contributed by atoms with Crippen LogP contribution in [0.3, 0.4) is 0 Å². The van der Waals surface area contributed by atoms with Gasteiger partial charge in [-0.1, -0.05) is 6.07 Å². The Labute approximate surface area is 109 Å². The summed E-state index contributed by atoms with van der Waals surface area (Å²) in [6.45, 7) is 0.635. The van der Waals surface area contributed by atoms with E-state index in [0.29, 0.717) is 17.7 Å². The molecule has 0 saturated carbocycles. The molecule has 96 valence electrons. The van der Waals surface area contributed by atoms with Crippen LogP contribution in [-0.2, 0) is 6.42 Å². The summed E-state index contributed by atoms with van der Waals surface area (Å²) < 4.78 is 19.2. The van der Waals surface area contributed by atoms with Gasteiger partial charge in [-0.25, -0.2) is 9.18 Å². The fourth-order valence-corrected chi connectivity index (χ4v) is 2.23. The minimum absolute atomic E-state index is 0.0770. The molecule has 0 amide bonds. The minimum Gasteiger partial charge on any atom is -0.493 e. The molecule has 0 atom stereocenters. The van der Waals surface area contributed by atoms with Gasteiger partial charge in [-0.3, -0.25) is 0 Å². The average molecular weight is 258 g/mol. The fraction of sp³-hybridized carbons (Fsp3) is 0.133. The van der Waals surface area contributed by atoms with Gasteiger partial charge >= 0.3 is 5.97 Å². The summed E-state index contributed by atoms with van der Waals surface area (Å²) in [7, 11) is 0. The SMILES string of the molecule is O=C(O)c1ccc(F)c(-c2ccc3c(c2)CCO3)c1. The van der Waals surface area contributed by atoms with E-state index in [0.717, 1.165) is 17.7 Å². The Balaban J connectivity index is 2.11. The first kappa shape index (κ1) is 11.7. The van der Waals surface area contributed by atoms with Crippen molar-refractivity contribution in [1.82, 2.24) is 0 Å². The van der Waals surface area contributed by atoms with Gasteiger partial charge in [-0.05, 0) is 41.5 Å². The summed E-state index contributed by atoms with van der Waals surface area (Å²) in [4.78, 5) is 10.9. The maximum absolute atomic E-state index is 13.8. The molecule has 2 aromatic carbocycles. The average Bonchev–Trinajstić information content (AvgIpc) is 2.86. The number of halogens is 1. The van der Waals surface area contributed by atoms with E-state index < -0.39 is 11.8 Å². The summed E-state index contributed by atoms with van der Waals surface area (Å²) in [6, 6.07) is 9.19. The van der Waals surface area contributed by atoms with Gasteiger partial charge in [0.2, 0.25) is 0 Å². The van der Waals surface area contributed by atoms with Gasteiger partial charge in [0, 0.05) is 12.0 Å². The highest BCUT2D eigenvalue weighted by atomic mass is 19.1. The van der Waals surface area contributed by atoms with Crippen LogP contribution in [0, 0.1) is 5.82 Å². The molecule has 1 aliphatic rings. The molecule has 3 rings (SSSR count). The second-order valence-corrected chi connectivity index (χ2v) is 4.42. The number of hydrogen-bond acceptors (Lipinski definition) is 2. The molecule has 19 heavy (non-hydrogen) atoms. The first-order chi connectivity index (χ1) is 9.15. The van der Waals surface area contributed by atoms with Crippen LogP contribution in [0.1, 0.15) is 15.9 Å². The van der Waals surface area contributed by atoms with Crippen molar-refractivity contribution in [1.29, 1.82) is 0 Å². The van der Waals surface area contributed by atoms with Gasteiger partial charge in [0.25, 0.3) is 0 Å². The number of ether oxygens (including phenoxy) is 1. The van der Waals surface area contributed by atoms with Crippen molar-refractivity contribution in [2.75, 3.05) is 6.61 Å². The molecular weight excluding hydrogens is 247 g/mol. The molecule has 0 fully saturated rings. The predicted octanol–water partition coefficient (Wildman–Crippen LogP) is 3.13. The number of carboxylic acids is 1. The van der Waals surface area contributed by atoms with E-state index in [1.807, 2.05) is 6.07 Å². The second-order valence-electron chi connectivity index (χ2n) is 4.42. The van der Waals surface area contributed by atoms with Crippen LogP contribution in [0.15, 0.2) is 36.4 Å². The first-order valence-corrected chi connectivity index (χ1v) is 5.94. The standard InChI is InChI=1S/C15H11FO3/c16-13-3-1-11(15(17)18)8-12(13)9-2-4-14-10(7-9)5-6-19-14/h1-4,7-8H,5-6H2,(H,17,18). The Morgan fingerprint density at radius 3 is 2.84 bits per heavy atom. The second kappa shape index (κ2) is 4.39. The van der Waals surface area contributed by atoms with Crippen molar-refractivity contribution in [2.45, 2.75) is 6.42 Å². The van der Waals surface area contributed by atoms with Gasteiger partial charge in [-0.2, -0.15) is 0 Å². The molecule has 0 aromatic heterocycles. The number of hydrogen-bond donors (Lipinski definition) is 1. The Kier molecular flexibility index (Phi) is 2.71. The van der Waals surface area contributed by atoms with Crippen molar-refractivity contribution < 1.29 is 19.0 Å². The van der Waals surface area contributed by atoms with Crippen LogP contribution in [-0.4, -0.2) is 17.7 Å². The first-order valence-electron chi connectivity index (χ1n) is 5.94. The quantitative estimate of drug-likeness (QED) is 0.900. The molecule has 0 aliphatic carbocycles. The Morgan fingerprint density at radius 1 is 1.21 bits per heavy atom. The zero-order valence-corrected chi connectivity index (χ0v) is 10.0. The van der Waals surface area contributed by atoms with Crippen molar-refractivity contribution in [3.05, 3.63) is 53.3 Å². The number of aromatic carboxylic acids is 1. The number of fused-ring (bicyclic) bond motifs is 1. The summed E-state index contributed by atoms with van der Waals surface area (Å²) in [6.07, 6.45) is 0.795. The number of rotatable bonds is 2. The lowest BCUT2D eigenvalue weighted by Crippen LogP contribution is -1.97. The number of benzene rings is 2. The minimum atomic E-state index is -1.06. The van der Waals surface area contributed by atoms with Crippen LogP contribution in [0.4, 0.5) is 4.39 Å². The molecule has 0 bridgehead atoms. The molecule has 0 radical (unpaired) electrons. The van der Waals surface area contributed by atoms with E-state index in [4.69, 9.17) is 9.84 Å². The topological polar surface area (TPSA) is 46.5 Å². The summed E-state index contributed by atoms with van der Waals surface area (Å²) >= 11 is 0. The van der Waals surface area contributed by atoms with Crippen molar-refractivity contribution >= 4 is 5.97 Å². The summed E-state index contributed by atoms with van der Waals surface area (Å²) in [5.41, 5.74) is 2.07. The molecular formula is C15H11FO3. The lowest BCUT2D eigenvalue weighted by atomic mass is 9.99. The number of carbonyl (C=O) groups is 1. The molecule has 4 heteroatoms. The maximum Gasteiger partial charge on any atom is 0.335 e. The largest absolute Gasteiger partial charge is 0.493 e. The van der Waals surface area contributed by atoms with E-state index >= 15 is 0 Å². The van der Waals surface area contributed by atoms with E-state index in [1.54, 1.807) is 12.1 Å². The van der Waals surface area contributed by atoms with Gasteiger partial charge in [0.05, 0.1) is 12.2 Å². The Hall–Kier alpha value is -2.36. The molecule has 0 saturated heterocycles. The normalized spacial score (nSPS) is 12.9. The molecule has 1 N–H and O–H groups in total. The van der Waals surface area contributed by atoms with Gasteiger partial charge in [-0.15, -0.1) is 0 Å². The summed E-state index contributed by atoms with van der Waals surface area (Å²) in [5.74, 6) is -0.673.